The number of aliphatic hydroxyl groups is 1. The third-order valence-electron chi connectivity index (χ3n) is 5.07. The topological polar surface area (TPSA) is 52.6 Å². The monoisotopic (exact) mass is 282 g/mol. The predicted octanol–water partition coefficient (Wildman–Crippen LogP) is 2.61. The molecule has 0 spiro atoms. The largest absolute Gasteiger partial charge is 0.393 e. The molecule has 20 heavy (non-hydrogen) atoms. The number of amides is 2. The van der Waals surface area contributed by atoms with Gasteiger partial charge in [0.25, 0.3) is 0 Å². The summed E-state index contributed by atoms with van der Waals surface area (Å²) in [5, 5.41) is 12.5. The zero-order chi connectivity index (χ0) is 14.7. The van der Waals surface area contributed by atoms with Crippen LogP contribution in [0.5, 0.6) is 0 Å². The lowest BCUT2D eigenvalue weighted by molar-refractivity contribution is 0.0320. The van der Waals surface area contributed by atoms with E-state index < -0.39 is 0 Å². The first kappa shape index (κ1) is 15.6. The van der Waals surface area contributed by atoms with Gasteiger partial charge in [0.05, 0.1) is 6.10 Å². The first-order valence-electron chi connectivity index (χ1n) is 8.17. The van der Waals surface area contributed by atoms with Crippen molar-refractivity contribution in [1.29, 1.82) is 0 Å². The van der Waals surface area contributed by atoms with E-state index in [1.54, 1.807) is 4.90 Å². The molecule has 2 aliphatic carbocycles. The van der Waals surface area contributed by atoms with Crippen LogP contribution >= 0.6 is 0 Å². The van der Waals surface area contributed by atoms with Crippen molar-refractivity contribution in [2.24, 2.45) is 17.8 Å². The van der Waals surface area contributed by atoms with Gasteiger partial charge in [0.2, 0.25) is 0 Å². The second-order valence-electron chi connectivity index (χ2n) is 7.12. The average molecular weight is 282 g/mol. The summed E-state index contributed by atoms with van der Waals surface area (Å²) in [7, 11) is 1.87. The normalized spacial score (nSPS) is 33.6. The summed E-state index contributed by atoms with van der Waals surface area (Å²) in [6, 6.07) is 0.398. The molecule has 0 aliphatic heterocycles. The van der Waals surface area contributed by atoms with Gasteiger partial charge >= 0.3 is 6.03 Å². The third kappa shape index (κ3) is 3.87. The molecule has 0 bridgehead atoms. The molecule has 2 fully saturated rings. The summed E-state index contributed by atoms with van der Waals surface area (Å²) in [6.45, 7) is 5.28. The summed E-state index contributed by atoms with van der Waals surface area (Å²) >= 11 is 0. The SMILES string of the molecule is CC(C)[C@@H]1CCCC[C@@H]1NC(=O)N(C)CC1CC(O)C1. The first-order valence-corrected chi connectivity index (χ1v) is 8.17. The van der Waals surface area contributed by atoms with Crippen LogP contribution in [0.25, 0.3) is 0 Å². The van der Waals surface area contributed by atoms with Gasteiger partial charge in [0.1, 0.15) is 0 Å². The van der Waals surface area contributed by atoms with E-state index in [-0.39, 0.29) is 12.1 Å². The molecule has 0 radical (unpaired) electrons. The summed E-state index contributed by atoms with van der Waals surface area (Å²) in [6.07, 6.45) is 6.43. The Balaban J connectivity index is 1.79. The standard InChI is InChI=1S/C16H30N2O2/c1-11(2)14-6-4-5-7-15(14)17-16(20)18(3)10-12-8-13(19)9-12/h11-15,19H,4-10H2,1-3H3,(H,17,20)/t12?,13?,14-,15-/m0/s1. The van der Waals surface area contributed by atoms with Gasteiger partial charge in [-0.2, -0.15) is 0 Å². The molecule has 0 saturated heterocycles. The van der Waals surface area contributed by atoms with Crippen molar-refractivity contribution in [1.82, 2.24) is 10.2 Å². The molecular formula is C16H30N2O2. The Morgan fingerprint density at radius 3 is 2.55 bits per heavy atom. The van der Waals surface area contributed by atoms with Gasteiger partial charge in [0.15, 0.2) is 0 Å². The smallest absolute Gasteiger partial charge is 0.317 e. The van der Waals surface area contributed by atoms with Crippen molar-refractivity contribution in [2.45, 2.75) is 64.5 Å². The fourth-order valence-electron chi connectivity index (χ4n) is 3.73. The molecule has 2 N–H and O–H groups in total. The van der Waals surface area contributed by atoms with Crippen LogP contribution in [0.3, 0.4) is 0 Å². The highest BCUT2D eigenvalue weighted by Gasteiger charge is 2.32. The van der Waals surface area contributed by atoms with Crippen molar-refractivity contribution in [3.63, 3.8) is 0 Å². The van der Waals surface area contributed by atoms with Crippen LogP contribution in [0.15, 0.2) is 0 Å². The summed E-state index contributed by atoms with van der Waals surface area (Å²) in [5.74, 6) is 1.73. The second-order valence-corrected chi connectivity index (χ2v) is 7.12. The molecule has 4 nitrogen and oxygen atoms in total. The van der Waals surface area contributed by atoms with E-state index in [1.165, 1.54) is 19.3 Å². The van der Waals surface area contributed by atoms with E-state index in [1.807, 2.05) is 7.05 Å². The third-order valence-corrected chi connectivity index (χ3v) is 5.07. The maximum Gasteiger partial charge on any atom is 0.317 e. The maximum atomic E-state index is 12.3. The quantitative estimate of drug-likeness (QED) is 0.833. The van der Waals surface area contributed by atoms with E-state index in [4.69, 9.17) is 0 Å². The van der Waals surface area contributed by atoms with Crippen LogP contribution in [0.2, 0.25) is 0 Å². The highest BCUT2D eigenvalue weighted by atomic mass is 16.3. The fraction of sp³-hybridized carbons (Fsp3) is 0.938. The number of hydrogen-bond acceptors (Lipinski definition) is 2. The lowest BCUT2D eigenvalue weighted by Gasteiger charge is -2.38. The van der Waals surface area contributed by atoms with Gasteiger partial charge < -0.3 is 15.3 Å². The van der Waals surface area contributed by atoms with Gasteiger partial charge in [-0.25, -0.2) is 4.79 Å². The molecule has 0 aromatic rings. The molecule has 0 aromatic heterocycles. The second kappa shape index (κ2) is 6.79. The molecule has 0 unspecified atom stereocenters. The highest BCUT2D eigenvalue weighted by Crippen LogP contribution is 2.31. The number of aliphatic hydroxyl groups excluding tert-OH is 1. The van der Waals surface area contributed by atoms with Gasteiger partial charge in [0, 0.05) is 19.6 Å². The molecule has 116 valence electrons. The Bertz CT molecular complexity index is 326. The lowest BCUT2D eigenvalue weighted by Crippen LogP contribution is -2.50. The van der Waals surface area contributed by atoms with Crippen LogP contribution < -0.4 is 5.32 Å². The van der Waals surface area contributed by atoms with E-state index in [9.17, 15) is 9.90 Å². The van der Waals surface area contributed by atoms with Crippen molar-refractivity contribution in [2.75, 3.05) is 13.6 Å². The minimum atomic E-state index is -0.139. The Morgan fingerprint density at radius 2 is 1.95 bits per heavy atom. The van der Waals surface area contributed by atoms with Crippen LogP contribution in [-0.4, -0.2) is 41.8 Å². The summed E-state index contributed by atoms with van der Waals surface area (Å²) in [4.78, 5) is 14.1. The van der Waals surface area contributed by atoms with Crippen molar-refractivity contribution in [3.05, 3.63) is 0 Å². The van der Waals surface area contributed by atoms with Crippen molar-refractivity contribution < 1.29 is 9.90 Å². The van der Waals surface area contributed by atoms with Gasteiger partial charge in [-0.1, -0.05) is 26.7 Å². The summed E-state index contributed by atoms with van der Waals surface area (Å²) in [5.41, 5.74) is 0. The lowest BCUT2D eigenvalue weighted by atomic mass is 9.78. The molecular weight excluding hydrogens is 252 g/mol. The maximum absolute atomic E-state index is 12.3. The van der Waals surface area contributed by atoms with Crippen molar-refractivity contribution >= 4 is 6.03 Å². The highest BCUT2D eigenvalue weighted by molar-refractivity contribution is 5.74. The number of urea groups is 1. The molecule has 2 amide bonds. The number of hydrogen-bond donors (Lipinski definition) is 2. The van der Waals surface area contributed by atoms with E-state index >= 15 is 0 Å². The average Bonchev–Trinajstić information content (AvgIpc) is 2.37. The van der Waals surface area contributed by atoms with Crippen LogP contribution in [-0.2, 0) is 0 Å². The molecule has 2 saturated carbocycles. The fourth-order valence-corrected chi connectivity index (χ4v) is 3.73. The molecule has 0 aromatic carbocycles. The minimum Gasteiger partial charge on any atom is -0.393 e. The van der Waals surface area contributed by atoms with Gasteiger partial charge in [-0.15, -0.1) is 0 Å². The molecule has 2 atom stereocenters. The zero-order valence-corrected chi connectivity index (χ0v) is 13.1. The van der Waals surface area contributed by atoms with Crippen LogP contribution in [0.4, 0.5) is 4.79 Å². The molecule has 4 heteroatoms. The first-order chi connectivity index (χ1) is 9.47. The number of carbonyl (C=O) groups excluding carboxylic acids is 1. The number of nitrogens with one attached hydrogen (secondary N) is 1. The Kier molecular flexibility index (Phi) is 5.30. The molecule has 2 rings (SSSR count). The number of carbonyl (C=O) groups is 1. The van der Waals surface area contributed by atoms with E-state index in [0.717, 1.165) is 25.8 Å². The molecule has 0 heterocycles. The number of rotatable bonds is 4. The number of nitrogens with zero attached hydrogens (tertiary/aromatic N) is 1. The van der Waals surface area contributed by atoms with Crippen LogP contribution in [0.1, 0.15) is 52.4 Å². The van der Waals surface area contributed by atoms with Crippen LogP contribution in [0, 0.1) is 17.8 Å². The Morgan fingerprint density at radius 1 is 1.30 bits per heavy atom. The van der Waals surface area contributed by atoms with E-state index in [0.29, 0.717) is 23.8 Å². The summed E-state index contributed by atoms with van der Waals surface area (Å²) < 4.78 is 0. The minimum absolute atomic E-state index is 0.0592. The van der Waals surface area contributed by atoms with Crippen molar-refractivity contribution in [3.8, 4) is 0 Å². The zero-order valence-electron chi connectivity index (χ0n) is 13.1. The van der Waals surface area contributed by atoms with E-state index in [2.05, 4.69) is 19.2 Å². The van der Waals surface area contributed by atoms with Gasteiger partial charge in [-0.05, 0) is 43.4 Å². The molecule has 2 aliphatic rings. The van der Waals surface area contributed by atoms with Gasteiger partial charge in [-0.3, -0.25) is 0 Å². The Labute approximate surface area is 122 Å². The Hall–Kier alpha value is -0.770. The predicted molar refractivity (Wildman–Crippen MR) is 80.5 cm³/mol.